The van der Waals surface area contributed by atoms with E-state index in [-0.39, 0.29) is 5.15 Å². The number of aromatic nitrogens is 1. The number of ether oxygens (including phenoxy) is 1. The van der Waals surface area contributed by atoms with Gasteiger partial charge in [-0.25, -0.2) is 4.98 Å². The van der Waals surface area contributed by atoms with Crippen LogP contribution in [-0.4, -0.2) is 11.6 Å². The Balaban J connectivity index is 2.58. The fourth-order valence-electron chi connectivity index (χ4n) is 1.89. The molecule has 0 atom stereocenters. The number of pyridine rings is 1. The quantitative estimate of drug-likeness (QED) is 0.794. The van der Waals surface area contributed by atoms with E-state index in [0.717, 1.165) is 22.6 Å². The lowest BCUT2D eigenvalue weighted by Crippen LogP contribution is -1.94. The van der Waals surface area contributed by atoms with Gasteiger partial charge in [-0.05, 0) is 37.6 Å². The average molecular weight is 273 g/mol. The maximum Gasteiger partial charge on any atom is 0.147 e. The van der Waals surface area contributed by atoms with Crippen molar-refractivity contribution in [3.05, 3.63) is 46.7 Å². The number of nitriles is 1. The van der Waals surface area contributed by atoms with Crippen LogP contribution in [0, 0.1) is 18.3 Å². The summed E-state index contributed by atoms with van der Waals surface area (Å²) in [7, 11) is 0. The third-order valence-corrected chi connectivity index (χ3v) is 2.94. The van der Waals surface area contributed by atoms with Crippen molar-refractivity contribution in [3.8, 4) is 22.9 Å². The molecule has 96 valence electrons. The van der Waals surface area contributed by atoms with Crippen LogP contribution in [0.4, 0.5) is 0 Å². The van der Waals surface area contributed by atoms with E-state index in [0.29, 0.717) is 12.2 Å². The van der Waals surface area contributed by atoms with Gasteiger partial charge in [0.05, 0.1) is 12.2 Å². The summed E-state index contributed by atoms with van der Waals surface area (Å²) in [5.41, 5.74) is 2.85. The van der Waals surface area contributed by atoms with Crippen LogP contribution in [0.5, 0.6) is 5.75 Å². The average Bonchev–Trinajstić information content (AvgIpc) is 2.38. The lowest BCUT2D eigenvalue weighted by atomic mass is 10.0. The first-order valence-corrected chi connectivity index (χ1v) is 6.34. The molecular formula is C15H13ClN2O. The number of hydrogen-bond acceptors (Lipinski definition) is 3. The standard InChI is InChI=1S/C15H13ClN2O/c1-3-19-12-6-4-5-11(8-12)13-7-10(2)18-15(16)14(13)9-17/h4-8H,3H2,1-2H3. The van der Waals surface area contributed by atoms with Gasteiger partial charge in [0, 0.05) is 11.3 Å². The van der Waals surface area contributed by atoms with Gasteiger partial charge in [-0.2, -0.15) is 5.26 Å². The molecule has 0 saturated heterocycles. The largest absolute Gasteiger partial charge is 0.494 e. The van der Waals surface area contributed by atoms with Crippen LogP contribution >= 0.6 is 11.6 Å². The van der Waals surface area contributed by atoms with Crippen molar-refractivity contribution < 1.29 is 4.74 Å². The Kier molecular flexibility index (Phi) is 4.03. The molecular weight excluding hydrogens is 260 g/mol. The Hall–Kier alpha value is -2.05. The van der Waals surface area contributed by atoms with Crippen molar-refractivity contribution in [2.45, 2.75) is 13.8 Å². The van der Waals surface area contributed by atoms with Gasteiger partial charge in [0.1, 0.15) is 17.0 Å². The molecule has 0 amide bonds. The zero-order chi connectivity index (χ0) is 13.8. The Bertz CT molecular complexity index is 647. The van der Waals surface area contributed by atoms with Gasteiger partial charge in [-0.15, -0.1) is 0 Å². The summed E-state index contributed by atoms with van der Waals surface area (Å²) < 4.78 is 5.47. The molecule has 0 unspecified atom stereocenters. The predicted octanol–water partition coefficient (Wildman–Crippen LogP) is 3.98. The maximum atomic E-state index is 9.22. The van der Waals surface area contributed by atoms with Gasteiger partial charge < -0.3 is 4.74 Å². The molecule has 4 heteroatoms. The smallest absolute Gasteiger partial charge is 0.147 e. The number of halogens is 1. The number of rotatable bonds is 3. The van der Waals surface area contributed by atoms with Crippen LogP contribution in [0.2, 0.25) is 5.15 Å². The minimum absolute atomic E-state index is 0.235. The van der Waals surface area contributed by atoms with Crippen LogP contribution in [0.15, 0.2) is 30.3 Å². The predicted molar refractivity (Wildman–Crippen MR) is 75.3 cm³/mol. The Morgan fingerprint density at radius 1 is 1.37 bits per heavy atom. The highest BCUT2D eigenvalue weighted by atomic mass is 35.5. The van der Waals surface area contributed by atoms with E-state index >= 15 is 0 Å². The number of benzene rings is 1. The third-order valence-electron chi connectivity index (χ3n) is 2.67. The van der Waals surface area contributed by atoms with Crippen LogP contribution < -0.4 is 4.74 Å². The molecule has 1 aromatic carbocycles. The number of aryl methyl sites for hydroxylation is 1. The molecule has 0 N–H and O–H groups in total. The highest BCUT2D eigenvalue weighted by Gasteiger charge is 2.12. The monoisotopic (exact) mass is 272 g/mol. The van der Waals surface area contributed by atoms with E-state index in [4.69, 9.17) is 16.3 Å². The van der Waals surface area contributed by atoms with E-state index < -0.39 is 0 Å². The topological polar surface area (TPSA) is 45.9 Å². The van der Waals surface area contributed by atoms with E-state index in [1.807, 2.05) is 44.2 Å². The van der Waals surface area contributed by atoms with Crippen molar-refractivity contribution in [1.29, 1.82) is 5.26 Å². The molecule has 1 heterocycles. The zero-order valence-electron chi connectivity index (χ0n) is 10.8. The van der Waals surface area contributed by atoms with Gasteiger partial charge in [0.2, 0.25) is 0 Å². The van der Waals surface area contributed by atoms with E-state index in [2.05, 4.69) is 11.1 Å². The SMILES string of the molecule is CCOc1cccc(-c2cc(C)nc(Cl)c2C#N)c1. The molecule has 0 saturated carbocycles. The summed E-state index contributed by atoms with van der Waals surface area (Å²) in [5, 5.41) is 9.45. The number of hydrogen-bond donors (Lipinski definition) is 0. The summed E-state index contributed by atoms with van der Waals surface area (Å²) >= 11 is 6.02. The molecule has 0 spiro atoms. The second kappa shape index (κ2) is 5.73. The van der Waals surface area contributed by atoms with Crippen LogP contribution in [0.25, 0.3) is 11.1 Å². The molecule has 1 aromatic heterocycles. The van der Waals surface area contributed by atoms with Gasteiger partial charge in [-0.3, -0.25) is 0 Å². The second-order valence-electron chi connectivity index (χ2n) is 4.05. The lowest BCUT2D eigenvalue weighted by Gasteiger charge is -2.09. The molecule has 0 radical (unpaired) electrons. The Labute approximate surface area is 117 Å². The van der Waals surface area contributed by atoms with E-state index in [1.54, 1.807) is 0 Å². The van der Waals surface area contributed by atoms with Crippen molar-refractivity contribution in [2.24, 2.45) is 0 Å². The molecule has 3 nitrogen and oxygen atoms in total. The third kappa shape index (κ3) is 2.86. The summed E-state index contributed by atoms with van der Waals surface area (Å²) in [5.74, 6) is 0.773. The first-order chi connectivity index (χ1) is 9.15. The Morgan fingerprint density at radius 3 is 2.84 bits per heavy atom. The lowest BCUT2D eigenvalue weighted by molar-refractivity contribution is 0.340. The van der Waals surface area contributed by atoms with E-state index in [9.17, 15) is 5.26 Å². The molecule has 2 aromatic rings. The van der Waals surface area contributed by atoms with Crippen LogP contribution in [-0.2, 0) is 0 Å². The molecule has 0 aliphatic heterocycles. The van der Waals surface area contributed by atoms with Crippen LogP contribution in [0.1, 0.15) is 18.2 Å². The molecule has 19 heavy (non-hydrogen) atoms. The first kappa shape index (κ1) is 13.4. The van der Waals surface area contributed by atoms with Crippen molar-refractivity contribution in [1.82, 2.24) is 4.98 Å². The van der Waals surface area contributed by atoms with Crippen molar-refractivity contribution in [3.63, 3.8) is 0 Å². The highest BCUT2D eigenvalue weighted by molar-refractivity contribution is 6.31. The minimum Gasteiger partial charge on any atom is -0.494 e. The summed E-state index contributed by atoms with van der Waals surface area (Å²) in [6, 6.07) is 11.6. The molecule has 2 rings (SSSR count). The number of nitrogens with zero attached hydrogens (tertiary/aromatic N) is 2. The summed E-state index contributed by atoms with van der Waals surface area (Å²) in [6.07, 6.45) is 0. The van der Waals surface area contributed by atoms with Gasteiger partial charge >= 0.3 is 0 Å². The zero-order valence-corrected chi connectivity index (χ0v) is 11.5. The molecule has 0 aliphatic rings. The van der Waals surface area contributed by atoms with Gasteiger partial charge in [0.15, 0.2) is 0 Å². The Morgan fingerprint density at radius 2 is 2.16 bits per heavy atom. The van der Waals surface area contributed by atoms with Crippen molar-refractivity contribution >= 4 is 11.6 Å². The molecule has 0 bridgehead atoms. The molecule has 0 fully saturated rings. The minimum atomic E-state index is 0.235. The first-order valence-electron chi connectivity index (χ1n) is 5.96. The van der Waals surface area contributed by atoms with Crippen LogP contribution in [0.3, 0.4) is 0 Å². The van der Waals surface area contributed by atoms with Crippen molar-refractivity contribution in [2.75, 3.05) is 6.61 Å². The fourth-order valence-corrected chi connectivity index (χ4v) is 2.17. The normalized spacial score (nSPS) is 10.0. The summed E-state index contributed by atoms with van der Waals surface area (Å²) in [6.45, 7) is 4.38. The highest BCUT2D eigenvalue weighted by Crippen LogP contribution is 2.30. The van der Waals surface area contributed by atoms with E-state index in [1.165, 1.54) is 0 Å². The summed E-state index contributed by atoms with van der Waals surface area (Å²) in [4.78, 5) is 4.10. The molecule has 0 aliphatic carbocycles. The second-order valence-corrected chi connectivity index (χ2v) is 4.41. The van der Waals surface area contributed by atoms with Gasteiger partial charge in [-0.1, -0.05) is 23.7 Å². The maximum absolute atomic E-state index is 9.22. The fraction of sp³-hybridized carbons (Fsp3) is 0.200. The van der Waals surface area contributed by atoms with Gasteiger partial charge in [0.25, 0.3) is 0 Å².